The van der Waals surface area contributed by atoms with Crippen molar-refractivity contribution in [1.82, 2.24) is 9.80 Å². The summed E-state index contributed by atoms with van der Waals surface area (Å²) in [5.74, 6) is 0. The van der Waals surface area contributed by atoms with Crippen molar-refractivity contribution >= 4 is 0 Å². The van der Waals surface area contributed by atoms with Crippen molar-refractivity contribution in [2.75, 3.05) is 34.2 Å². The lowest BCUT2D eigenvalue weighted by molar-refractivity contribution is 0.355. The Morgan fingerprint density at radius 2 is 1.67 bits per heavy atom. The van der Waals surface area contributed by atoms with E-state index in [1.54, 1.807) is 4.90 Å². The average molecular weight is 128 g/mol. The van der Waals surface area contributed by atoms with Gasteiger partial charge in [0.05, 0.1) is 0 Å². The maximum atomic E-state index is 5.39. The van der Waals surface area contributed by atoms with Crippen molar-refractivity contribution in [2.24, 2.45) is 0 Å². The Morgan fingerprint density at radius 3 is 2.00 bits per heavy atom. The van der Waals surface area contributed by atoms with Crippen LogP contribution in [0.15, 0.2) is 0 Å². The van der Waals surface area contributed by atoms with Crippen LogP contribution in [0.2, 0.25) is 0 Å². The van der Waals surface area contributed by atoms with Crippen molar-refractivity contribution in [3.63, 3.8) is 0 Å². The summed E-state index contributed by atoms with van der Waals surface area (Å²) in [5, 5.41) is 0. The lowest BCUT2D eigenvalue weighted by Crippen LogP contribution is -2.19. The van der Waals surface area contributed by atoms with Gasteiger partial charge in [-0.2, -0.15) is 0 Å². The highest BCUT2D eigenvalue weighted by atomic mass is 15.1. The number of rotatable bonds is 4. The Hall–Kier alpha value is -0.0800. The smallest absolute Gasteiger partial charge is 0.0435 e. The van der Waals surface area contributed by atoms with Crippen molar-refractivity contribution in [1.29, 1.82) is 0 Å². The quantitative estimate of drug-likeness (QED) is 0.510. The lowest BCUT2D eigenvalue weighted by atomic mass is 10.4. The van der Waals surface area contributed by atoms with Crippen LogP contribution < -0.4 is 0 Å². The Kier molecular flexibility index (Phi) is 4.72. The minimum absolute atomic E-state index is 0.970. The van der Waals surface area contributed by atoms with Crippen LogP contribution in [0.5, 0.6) is 0 Å². The molecule has 0 amide bonds. The predicted octanol–water partition coefficient (Wildman–Crippen LogP) is 0.538. The molecule has 2 nitrogen and oxygen atoms in total. The van der Waals surface area contributed by atoms with E-state index in [0.29, 0.717) is 0 Å². The van der Waals surface area contributed by atoms with Gasteiger partial charge in [0.25, 0.3) is 0 Å². The minimum atomic E-state index is 0.970. The SMILES string of the molecule is [CH]N(C)CCCN(C)C. The summed E-state index contributed by atoms with van der Waals surface area (Å²) in [7, 11) is 11.4. The zero-order chi connectivity index (χ0) is 7.28. The summed E-state index contributed by atoms with van der Waals surface area (Å²) in [6, 6.07) is 0. The third-order valence-corrected chi connectivity index (χ3v) is 1.12. The average Bonchev–Trinajstić information content (AvgIpc) is 1.63. The van der Waals surface area contributed by atoms with E-state index in [0.717, 1.165) is 19.5 Å². The first kappa shape index (κ1) is 8.92. The summed E-state index contributed by atoms with van der Waals surface area (Å²) in [6.45, 7) is 2.08. The number of hydrogen-bond acceptors (Lipinski definition) is 2. The van der Waals surface area contributed by atoms with Gasteiger partial charge >= 0.3 is 0 Å². The molecule has 54 valence electrons. The first-order valence-corrected chi connectivity index (χ1v) is 3.23. The molecule has 2 radical (unpaired) electrons. The second-order valence-electron chi connectivity index (χ2n) is 2.64. The molecule has 0 aliphatic rings. The largest absolute Gasteiger partial charge is 0.309 e. The lowest BCUT2D eigenvalue weighted by Gasteiger charge is -2.11. The monoisotopic (exact) mass is 128 g/mol. The normalized spacial score (nSPS) is 11.3. The summed E-state index contributed by atoms with van der Waals surface area (Å²) >= 11 is 0. The van der Waals surface area contributed by atoms with Crippen molar-refractivity contribution in [3.8, 4) is 0 Å². The highest BCUT2D eigenvalue weighted by Gasteiger charge is 1.91. The summed E-state index contributed by atoms with van der Waals surface area (Å²) in [6.07, 6.45) is 1.14. The fourth-order valence-electron chi connectivity index (χ4n) is 0.636. The Bertz CT molecular complexity index is 51.9. The molecule has 0 atom stereocenters. The van der Waals surface area contributed by atoms with E-state index in [4.69, 9.17) is 7.05 Å². The van der Waals surface area contributed by atoms with Gasteiger partial charge in [-0.15, -0.1) is 0 Å². The molecule has 0 spiro atoms. The van der Waals surface area contributed by atoms with Gasteiger partial charge in [0.1, 0.15) is 0 Å². The van der Waals surface area contributed by atoms with Crippen molar-refractivity contribution in [3.05, 3.63) is 7.05 Å². The number of nitrogens with zero attached hydrogens (tertiary/aromatic N) is 2. The van der Waals surface area contributed by atoms with Crippen LogP contribution in [0.25, 0.3) is 0 Å². The molecule has 0 N–H and O–H groups in total. The molecule has 0 unspecified atom stereocenters. The second kappa shape index (κ2) is 4.77. The van der Waals surface area contributed by atoms with Crippen LogP contribution in [0.4, 0.5) is 0 Å². The van der Waals surface area contributed by atoms with E-state index in [1.165, 1.54) is 0 Å². The maximum Gasteiger partial charge on any atom is 0.0435 e. The highest BCUT2D eigenvalue weighted by Crippen LogP contribution is 1.85. The van der Waals surface area contributed by atoms with Gasteiger partial charge in [-0.1, -0.05) is 0 Å². The van der Waals surface area contributed by atoms with Crippen LogP contribution in [0.3, 0.4) is 0 Å². The zero-order valence-corrected chi connectivity index (χ0v) is 6.59. The predicted molar refractivity (Wildman–Crippen MR) is 40.1 cm³/mol. The first-order valence-electron chi connectivity index (χ1n) is 3.23. The van der Waals surface area contributed by atoms with E-state index < -0.39 is 0 Å². The first-order chi connectivity index (χ1) is 4.13. The van der Waals surface area contributed by atoms with Gasteiger partial charge in [-0.05, 0) is 40.7 Å². The highest BCUT2D eigenvalue weighted by molar-refractivity contribution is 4.49. The molecule has 0 fully saturated rings. The molecule has 0 rings (SSSR count). The Morgan fingerprint density at radius 1 is 1.11 bits per heavy atom. The third kappa shape index (κ3) is 7.92. The molecule has 0 aromatic heterocycles. The van der Waals surface area contributed by atoms with E-state index in [1.807, 2.05) is 7.05 Å². The van der Waals surface area contributed by atoms with Gasteiger partial charge in [-0.3, -0.25) is 0 Å². The molecule has 0 aromatic rings. The topological polar surface area (TPSA) is 6.48 Å². The molecular formula is C7H16N2. The van der Waals surface area contributed by atoms with E-state index in [-0.39, 0.29) is 0 Å². The van der Waals surface area contributed by atoms with E-state index in [2.05, 4.69) is 19.0 Å². The van der Waals surface area contributed by atoms with E-state index >= 15 is 0 Å². The minimum Gasteiger partial charge on any atom is -0.309 e. The van der Waals surface area contributed by atoms with Gasteiger partial charge in [0, 0.05) is 7.05 Å². The standard InChI is InChI=1S/C7H16N2/c1-8(2)6-5-7-9(3)4/h1H,5-7H2,2-4H3. The maximum absolute atomic E-state index is 5.39. The molecule has 0 aromatic carbocycles. The number of hydrogen-bond donors (Lipinski definition) is 0. The Balaban J connectivity index is 2.91. The van der Waals surface area contributed by atoms with Gasteiger partial charge in [0.15, 0.2) is 0 Å². The molecule has 9 heavy (non-hydrogen) atoms. The van der Waals surface area contributed by atoms with Crippen LogP contribution in [0, 0.1) is 7.05 Å². The molecule has 0 heterocycles. The third-order valence-electron chi connectivity index (χ3n) is 1.12. The fraction of sp³-hybridized carbons (Fsp3) is 0.857. The van der Waals surface area contributed by atoms with E-state index in [9.17, 15) is 0 Å². The second-order valence-corrected chi connectivity index (χ2v) is 2.64. The van der Waals surface area contributed by atoms with Crippen molar-refractivity contribution < 1.29 is 0 Å². The Labute approximate surface area is 58.4 Å². The molecule has 0 saturated heterocycles. The van der Waals surface area contributed by atoms with Crippen LogP contribution in [-0.4, -0.2) is 44.0 Å². The van der Waals surface area contributed by atoms with Crippen LogP contribution >= 0.6 is 0 Å². The molecule has 0 saturated carbocycles. The molecule has 2 heteroatoms. The summed E-state index contributed by atoms with van der Waals surface area (Å²) in [5.41, 5.74) is 0. The molecule has 0 aliphatic heterocycles. The van der Waals surface area contributed by atoms with Crippen LogP contribution in [0.1, 0.15) is 6.42 Å². The molecule has 0 aliphatic carbocycles. The van der Waals surface area contributed by atoms with Gasteiger partial charge < -0.3 is 9.80 Å². The van der Waals surface area contributed by atoms with Gasteiger partial charge in [-0.25, -0.2) is 0 Å². The molecule has 0 bridgehead atoms. The zero-order valence-electron chi connectivity index (χ0n) is 6.59. The van der Waals surface area contributed by atoms with Crippen LogP contribution in [-0.2, 0) is 0 Å². The summed E-state index contributed by atoms with van der Waals surface area (Å²) < 4.78 is 0. The molecular weight excluding hydrogens is 112 g/mol. The van der Waals surface area contributed by atoms with Crippen molar-refractivity contribution in [2.45, 2.75) is 6.42 Å². The summed E-state index contributed by atoms with van der Waals surface area (Å²) in [4.78, 5) is 3.87. The fourth-order valence-corrected chi connectivity index (χ4v) is 0.636. The van der Waals surface area contributed by atoms with Gasteiger partial charge in [0.2, 0.25) is 0 Å².